The van der Waals surface area contributed by atoms with Crippen LogP contribution in [0.1, 0.15) is 30.6 Å². The zero-order valence-electron chi connectivity index (χ0n) is 20.0. The fourth-order valence-corrected chi connectivity index (χ4v) is 4.50. The summed E-state index contributed by atoms with van der Waals surface area (Å²) in [5.41, 5.74) is 0.134. The molecular formula is C22H29BCl2N4O6. The Bertz CT molecular complexity index is 969. The van der Waals surface area contributed by atoms with Crippen LogP contribution in [0, 0.1) is 5.92 Å². The minimum atomic E-state index is -1.29. The third-order valence-electron chi connectivity index (χ3n) is 5.94. The van der Waals surface area contributed by atoms with Gasteiger partial charge in [-0.3, -0.25) is 24.1 Å². The fourth-order valence-electron chi connectivity index (χ4n) is 4.13. The number of nitrogens with zero attached hydrogens (tertiary/aromatic N) is 2. The van der Waals surface area contributed by atoms with E-state index in [-0.39, 0.29) is 23.0 Å². The summed E-state index contributed by atoms with van der Waals surface area (Å²) in [7, 11) is 2.22. The molecule has 2 bridgehead atoms. The summed E-state index contributed by atoms with van der Waals surface area (Å²) >= 11 is 12.0. The van der Waals surface area contributed by atoms with Crippen molar-refractivity contribution in [2.24, 2.45) is 5.92 Å². The quantitative estimate of drug-likeness (QED) is 0.505. The maximum absolute atomic E-state index is 12.9. The Morgan fingerprint density at radius 3 is 2.29 bits per heavy atom. The lowest BCUT2D eigenvalue weighted by atomic mass is 9.73. The molecule has 1 aromatic carbocycles. The number of nitrogens with one attached hydrogen (secondary N) is 2. The SMILES string of the molecule is CC(C)C[C@H](NC(=O)CNC(=O)c1cc(Cl)ccc1Cl)B1OC(=O)[C@@H]2CN(C)C[C@@H](C(=O)O1)N2C. The third kappa shape index (κ3) is 6.87. The molecule has 35 heavy (non-hydrogen) atoms. The molecule has 3 rings (SSSR count). The van der Waals surface area contributed by atoms with Gasteiger partial charge in [0.2, 0.25) is 5.91 Å². The van der Waals surface area contributed by atoms with Crippen molar-refractivity contribution in [3.8, 4) is 0 Å². The number of rotatable bonds is 7. The standard InChI is InChI=1S/C22H29BCl2N4O6/c1-12(2)7-18(27-19(30)9-26-20(31)14-8-13(24)5-6-15(14)25)23-34-21(32)16-10-28(3)11-17(29(16)4)22(33)35-23/h5-6,8,12,16-18H,7,9-11H2,1-4H3,(H,26,31)(H,27,30)/t16-,17-,18-/m0/s1. The predicted molar refractivity (Wildman–Crippen MR) is 131 cm³/mol. The van der Waals surface area contributed by atoms with Crippen LogP contribution in [0.25, 0.3) is 0 Å². The number of fused-ring (bicyclic) bond motifs is 2. The summed E-state index contributed by atoms with van der Waals surface area (Å²) in [5.74, 6) is -2.91. The smallest absolute Gasteiger partial charge is 0.497 e. The Morgan fingerprint density at radius 2 is 1.71 bits per heavy atom. The van der Waals surface area contributed by atoms with Gasteiger partial charge in [0.25, 0.3) is 5.91 Å². The highest BCUT2D eigenvalue weighted by molar-refractivity contribution is 6.51. The molecule has 0 aliphatic carbocycles. The third-order valence-corrected chi connectivity index (χ3v) is 6.51. The van der Waals surface area contributed by atoms with Gasteiger partial charge < -0.3 is 24.8 Å². The lowest BCUT2D eigenvalue weighted by molar-refractivity contribution is -0.159. The van der Waals surface area contributed by atoms with E-state index in [2.05, 4.69) is 10.6 Å². The Morgan fingerprint density at radius 1 is 1.11 bits per heavy atom. The first-order valence-electron chi connectivity index (χ1n) is 11.3. The molecule has 2 aliphatic rings. The Labute approximate surface area is 214 Å². The van der Waals surface area contributed by atoms with Gasteiger partial charge in [-0.1, -0.05) is 37.0 Å². The van der Waals surface area contributed by atoms with E-state index in [4.69, 9.17) is 32.5 Å². The predicted octanol–water partition coefficient (Wildman–Crippen LogP) is 0.996. The molecule has 0 saturated carbocycles. The summed E-state index contributed by atoms with van der Waals surface area (Å²) in [4.78, 5) is 54.4. The molecule has 0 unspecified atom stereocenters. The van der Waals surface area contributed by atoms with Gasteiger partial charge in [0.15, 0.2) is 0 Å². The van der Waals surface area contributed by atoms with Crippen LogP contribution in [0.3, 0.4) is 0 Å². The van der Waals surface area contributed by atoms with Gasteiger partial charge in [0.1, 0.15) is 12.1 Å². The van der Waals surface area contributed by atoms with Crippen molar-refractivity contribution < 1.29 is 28.5 Å². The second-order valence-electron chi connectivity index (χ2n) is 9.27. The average molecular weight is 527 g/mol. The van der Waals surface area contributed by atoms with E-state index in [1.807, 2.05) is 25.8 Å². The molecule has 0 spiro atoms. The highest BCUT2D eigenvalue weighted by atomic mass is 35.5. The van der Waals surface area contributed by atoms with Gasteiger partial charge in [-0.2, -0.15) is 0 Å². The summed E-state index contributed by atoms with van der Waals surface area (Å²) in [5, 5.41) is 5.75. The first-order chi connectivity index (χ1) is 16.5. The number of halogens is 2. The molecule has 10 nitrogen and oxygen atoms in total. The molecule has 0 aromatic heterocycles. The van der Waals surface area contributed by atoms with Crippen LogP contribution in [0.4, 0.5) is 0 Å². The number of hydrogen-bond acceptors (Lipinski definition) is 8. The van der Waals surface area contributed by atoms with Crippen molar-refractivity contribution >= 4 is 54.1 Å². The van der Waals surface area contributed by atoms with E-state index < -0.39 is 48.9 Å². The number of piperazine rings is 1. The molecule has 2 saturated heterocycles. The van der Waals surface area contributed by atoms with Crippen LogP contribution in [0.5, 0.6) is 0 Å². The van der Waals surface area contributed by atoms with E-state index in [0.29, 0.717) is 24.5 Å². The van der Waals surface area contributed by atoms with Gasteiger partial charge in [-0.25, -0.2) is 0 Å². The minimum absolute atomic E-state index is 0.0799. The van der Waals surface area contributed by atoms with Crippen molar-refractivity contribution in [1.82, 2.24) is 20.4 Å². The minimum Gasteiger partial charge on any atom is -0.497 e. The second-order valence-corrected chi connectivity index (χ2v) is 10.1. The van der Waals surface area contributed by atoms with Crippen molar-refractivity contribution in [3.63, 3.8) is 0 Å². The Balaban J connectivity index is 1.69. The Hall–Kier alpha value is -2.34. The van der Waals surface area contributed by atoms with Crippen LogP contribution >= 0.6 is 23.2 Å². The molecule has 2 heterocycles. The first-order valence-corrected chi connectivity index (χ1v) is 12.1. The number of hydrogen-bond donors (Lipinski definition) is 2. The first kappa shape index (κ1) is 27.3. The van der Waals surface area contributed by atoms with E-state index in [0.717, 1.165) is 0 Å². The van der Waals surface area contributed by atoms with Crippen molar-refractivity contribution in [2.75, 3.05) is 33.7 Å². The maximum atomic E-state index is 12.9. The number of amides is 2. The van der Waals surface area contributed by atoms with Gasteiger partial charge in [0, 0.05) is 18.1 Å². The highest BCUT2D eigenvalue weighted by Gasteiger charge is 2.49. The summed E-state index contributed by atoms with van der Waals surface area (Å²) in [6.07, 6.45) is 0.371. The molecule has 1 aromatic rings. The average Bonchev–Trinajstić information content (AvgIpc) is 2.78. The molecule has 2 N–H and O–H groups in total. The molecule has 13 heteroatoms. The van der Waals surface area contributed by atoms with Crippen LogP contribution in [-0.2, 0) is 23.7 Å². The Kier molecular flexibility index (Phi) is 9.03. The summed E-state index contributed by atoms with van der Waals surface area (Å²) < 4.78 is 11.1. The normalized spacial score (nSPS) is 22.1. The van der Waals surface area contributed by atoms with Crippen LogP contribution in [-0.4, -0.2) is 92.4 Å². The highest BCUT2D eigenvalue weighted by Crippen LogP contribution is 2.22. The van der Waals surface area contributed by atoms with E-state index in [1.165, 1.54) is 12.1 Å². The zero-order chi connectivity index (χ0) is 25.9. The van der Waals surface area contributed by atoms with E-state index in [9.17, 15) is 19.2 Å². The topological polar surface area (TPSA) is 117 Å². The number of likely N-dealkylation sites (N-methyl/N-ethyl adjacent to an activating group) is 2. The van der Waals surface area contributed by atoms with Crippen LogP contribution in [0.15, 0.2) is 18.2 Å². The van der Waals surface area contributed by atoms with E-state index in [1.54, 1.807) is 18.0 Å². The van der Waals surface area contributed by atoms with Gasteiger partial charge in [-0.05, 0) is 44.6 Å². The molecule has 190 valence electrons. The number of benzene rings is 1. The van der Waals surface area contributed by atoms with Gasteiger partial charge in [0.05, 0.1) is 23.1 Å². The molecule has 2 fully saturated rings. The summed E-state index contributed by atoms with van der Waals surface area (Å²) in [6, 6.07) is 3.17. The van der Waals surface area contributed by atoms with Gasteiger partial charge in [-0.15, -0.1) is 0 Å². The number of carbonyl (C=O) groups is 4. The fraction of sp³-hybridized carbons (Fsp3) is 0.545. The number of carbonyl (C=O) groups excluding carboxylic acids is 4. The monoisotopic (exact) mass is 526 g/mol. The second kappa shape index (κ2) is 11.6. The molecule has 3 atom stereocenters. The maximum Gasteiger partial charge on any atom is 0.622 e. The molecule has 2 amide bonds. The zero-order valence-corrected chi connectivity index (χ0v) is 21.6. The van der Waals surface area contributed by atoms with Crippen LogP contribution < -0.4 is 10.6 Å². The van der Waals surface area contributed by atoms with Crippen molar-refractivity contribution in [3.05, 3.63) is 33.8 Å². The van der Waals surface area contributed by atoms with E-state index >= 15 is 0 Å². The lowest BCUT2D eigenvalue weighted by Gasteiger charge is -2.43. The summed E-state index contributed by atoms with van der Waals surface area (Å²) in [6.45, 7) is 4.29. The van der Waals surface area contributed by atoms with Crippen LogP contribution in [0.2, 0.25) is 10.0 Å². The molecule has 0 radical (unpaired) electrons. The van der Waals surface area contributed by atoms with Crippen molar-refractivity contribution in [1.29, 1.82) is 0 Å². The van der Waals surface area contributed by atoms with Crippen molar-refractivity contribution in [2.45, 2.75) is 38.3 Å². The largest absolute Gasteiger partial charge is 0.622 e. The molecular weight excluding hydrogens is 498 g/mol. The van der Waals surface area contributed by atoms with Gasteiger partial charge >= 0.3 is 19.1 Å². The molecule has 2 aliphatic heterocycles. The lowest BCUT2D eigenvalue weighted by Crippen LogP contribution is -2.66.